The number of fused-ring (bicyclic) bond motifs is 1. The van der Waals surface area contributed by atoms with E-state index in [1.165, 1.54) is 42.6 Å². The Morgan fingerprint density at radius 1 is 1.35 bits per heavy atom. The molecule has 2 aliphatic heterocycles. The van der Waals surface area contributed by atoms with Gasteiger partial charge >= 0.3 is 0 Å². The van der Waals surface area contributed by atoms with Crippen molar-refractivity contribution >= 4 is 11.4 Å². The van der Waals surface area contributed by atoms with Crippen LogP contribution in [-0.4, -0.2) is 32.3 Å². The van der Waals surface area contributed by atoms with Gasteiger partial charge in [-0.05, 0) is 55.9 Å². The number of aryl methyl sites for hydroxylation is 1. The number of nitrogens with zero attached hydrogens (tertiary/aromatic N) is 1. The molecule has 0 aliphatic carbocycles. The van der Waals surface area contributed by atoms with E-state index in [4.69, 9.17) is 4.74 Å². The number of rotatable bonds is 4. The van der Waals surface area contributed by atoms with E-state index < -0.39 is 0 Å². The van der Waals surface area contributed by atoms with E-state index in [1.54, 1.807) is 0 Å². The zero-order valence-corrected chi connectivity index (χ0v) is 12.5. The van der Waals surface area contributed by atoms with E-state index >= 15 is 0 Å². The first-order chi connectivity index (χ1) is 9.86. The molecule has 2 aliphatic rings. The normalized spacial score (nSPS) is 22.2. The summed E-state index contributed by atoms with van der Waals surface area (Å²) in [5.41, 5.74) is 4.18. The third kappa shape index (κ3) is 3.09. The van der Waals surface area contributed by atoms with Crippen LogP contribution in [-0.2, 0) is 11.2 Å². The van der Waals surface area contributed by atoms with Crippen molar-refractivity contribution in [3.8, 4) is 0 Å². The molecule has 0 radical (unpaired) electrons. The van der Waals surface area contributed by atoms with Crippen LogP contribution in [0.2, 0.25) is 0 Å². The van der Waals surface area contributed by atoms with Crippen molar-refractivity contribution in [2.75, 3.05) is 36.5 Å². The van der Waals surface area contributed by atoms with Gasteiger partial charge < -0.3 is 15.0 Å². The van der Waals surface area contributed by atoms with E-state index in [2.05, 4.69) is 35.3 Å². The molecule has 0 aromatic heterocycles. The van der Waals surface area contributed by atoms with Crippen LogP contribution in [0, 0.1) is 0 Å². The molecular formula is C17H26N2O. The predicted octanol–water partition coefficient (Wildman–Crippen LogP) is 3.44. The highest BCUT2D eigenvalue weighted by molar-refractivity contribution is 5.62. The highest BCUT2D eigenvalue weighted by atomic mass is 16.5. The lowest BCUT2D eigenvalue weighted by atomic mass is 10.0. The average Bonchev–Trinajstić information content (AvgIpc) is 2.53. The maximum absolute atomic E-state index is 5.94. The van der Waals surface area contributed by atoms with Crippen LogP contribution in [0.4, 0.5) is 11.4 Å². The first-order valence-electron chi connectivity index (χ1n) is 8.10. The van der Waals surface area contributed by atoms with Gasteiger partial charge in [0.25, 0.3) is 0 Å². The Balaban J connectivity index is 1.68. The maximum Gasteiger partial charge on any atom is 0.0750 e. The van der Waals surface area contributed by atoms with Crippen molar-refractivity contribution < 1.29 is 4.74 Å². The highest BCUT2D eigenvalue weighted by Crippen LogP contribution is 2.29. The van der Waals surface area contributed by atoms with Crippen LogP contribution in [0.3, 0.4) is 0 Å². The van der Waals surface area contributed by atoms with Gasteiger partial charge in [-0.3, -0.25) is 0 Å². The molecule has 1 unspecified atom stereocenters. The topological polar surface area (TPSA) is 24.5 Å². The van der Waals surface area contributed by atoms with Crippen LogP contribution in [0.15, 0.2) is 18.2 Å². The number of anilines is 2. The summed E-state index contributed by atoms with van der Waals surface area (Å²) in [5.74, 6) is 0. The minimum atomic E-state index is 0.415. The van der Waals surface area contributed by atoms with Crippen LogP contribution in [0.5, 0.6) is 0 Å². The lowest BCUT2D eigenvalue weighted by Crippen LogP contribution is -2.39. The quantitative estimate of drug-likeness (QED) is 0.910. The van der Waals surface area contributed by atoms with E-state index in [9.17, 15) is 0 Å². The highest BCUT2D eigenvalue weighted by Gasteiger charge is 2.21. The summed E-state index contributed by atoms with van der Waals surface area (Å²) in [6.45, 7) is 6.40. The SMILES string of the molecule is CCCOC1CCCN(c2ccc3c(c2)CCCN3)C1. The molecule has 3 nitrogen and oxygen atoms in total. The van der Waals surface area contributed by atoms with Gasteiger partial charge in [-0.1, -0.05) is 6.92 Å². The summed E-state index contributed by atoms with van der Waals surface area (Å²) < 4.78 is 5.94. The van der Waals surface area contributed by atoms with E-state index in [0.717, 1.165) is 32.7 Å². The van der Waals surface area contributed by atoms with Crippen molar-refractivity contribution in [2.24, 2.45) is 0 Å². The molecule has 0 bridgehead atoms. The maximum atomic E-state index is 5.94. The predicted molar refractivity (Wildman–Crippen MR) is 84.7 cm³/mol. The number of piperidine rings is 1. The molecular weight excluding hydrogens is 248 g/mol. The van der Waals surface area contributed by atoms with E-state index in [-0.39, 0.29) is 0 Å². The Morgan fingerprint density at radius 3 is 3.20 bits per heavy atom. The number of benzene rings is 1. The minimum absolute atomic E-state index is 0.415. The molecule has 1 aromatic rings. The van der Waals surface area contributed by atoms with Gasteiger partial charge in [-0.25, -0.2) is 0 Å². The molecule has 110 valence electrons. The second-order valence-corrected chi connectivity index (χ2v) is 5.95. The molecule has 0 amide bonds. The summed E-state index contributed by atoms with van der Waals surface area (Å²) in [6.07, 6.45) is 6.43. The van der Waals surface area contributed by atoms with Gasteiger partial charge in [-0.15, -0.1) is 0 Å². The molecule has 1 aromatic carbocycles. The molecule has 0 spiro atoms. The van der Waals surface area contributed by atoms with Gasteiger partial charge in [0.2, 0.25) is 0 Å². The number of hydrogen-bond donors (Lipinski definition) is 1. The van der Waals surface area contributed by atoms with Gasteiger partial charge in [-0.2, -0.15) is 0 Å². The van der Waals surface area contributed by atoms with Gasteiger partial charge in [0.05, 0.1) is 6.10 Å². The lowest BCUT2D eigenvalue weighted by Gasteiger charge is -2.35. The molecule has 20 heavy (non-hydrogen) atoms. The molecule has 1 atom stereocenters. The summed E-state index contributed by atoms with van der Waals surface area (Å²) in [5, 5.41) is 3.49. The van der Waals surface area contributed by atoms with Gasteiger partial charge in [0.15, 0.2) is 0 Å². The molecule has 3 rings (SSSR count). The summed E-state index contributed by atoms with van der Waals surface area (Å²) in [7, 11) is 0. The fraction of sp³-hybridized carbons (Fsp3) is 0.647. The summed E-state index contributed by atoms with van der Waals surface area (Å²) in [4.78, 5) is 2.50. The third-order valence-corrected chi connectivity index (χ3v) is 4.33. The lowest BCUT2D eigenvalue weighted by molar-refractivity contribution is 0.0440. The van der Waals surface area contributed by atoms with Crippen LogP contribution in [0.25, 0.3) is 0 Å². The molecule has 2 heterocycles. The zero-order valence-electron chi connectivity index (χ0n) is 12.5. The molecule has 0 saturated carbocycles. The van der Waals surface area contributed by atoms with Crippen molar-refractivity contribution in [1.82, 2.24) is 0 Å². The number of ether oxygens (including phenoxy) is 1. The molecule has 1 saturated heterocycles. The fourth-order valence-corrected chi connectivity index (χ4v) is 3.25. The van der Waals surface area contributed by atoms with Crippen LogP contribution >= 0.6 is 0 Å². The zero-order chi connectivity index (χ0) is 13.8. The first kappa shape index (κ1) is 13.7. The number of hydrogen-bond acceptors (Lipinski definition) is 3. The van der Waals surface area contributed by atoms with Crippen molar-refractivity contribution in [3.63, 3.8) is 0 Å². The van der Waals surface area contributed by atoms with Crippen LogP contribution in [0.1, 0.15) is 38.2 Å². The molecule has 3 heteroatoms. The van der Waals surface area contributed by atoms with E-state index in [1.807, 2.05) is 0 Å². The van der Waals surface area contributed by atoms with Crippen molar-refractivity contribution in [1.29, 1.82) is 0 Å². The smallest absolute Gasteiger partial charge is 0.0750 e. The van der Waals surface area contributed by atoms with Gasteiger partial charge in [0.1, 0.15) is 0 Å². The standard InChI is InChI=1S/C17H26N2O/c1-2-11-20-16-6-4-10-19(13-16)15-7-8-17-14(12-15)5-3-9-18-17/h7-8,12,16,18H,2-6,9-11,13H2,1H3. The Hall–Kier alpha value is -1.22. The second kappa shape index (κ2) is 6.49. The van der Waals surface area contributed by atoms with Crippen molar-refractivity contribution in [3.05, 3.63) is 23.8 Å². The average molecular weight is 274 g/mol. The second-order valence-electron chi connectivity index (χ2n) is 5.95. The monoisotopic (exact) mass is 274 g/mol. The summed E-state index contributed by atoms with van der Waals surface area (Å²) >= 11 is 0. The summed E-state index contributed by atoms with van der Waals surface area (Å²) in [6, 6.07) is 6.89. The Labute approximate surface area is 122 Å². The fourth-order valence-electron chi connectivity index (χ4n) is 3.25. The van der Waals surface area contributed by atoms with Crippen LogP contribution < -0.4 is 10.2 Å². The first-order valence-corrected chi connectivity index (χ1v) is 8.10. The third-order valence-electron chi connectivity index (χ3n) is 4.33. The Morgan fingerprint density at radius 2 is 2.30 bits per heavy atom. The van der Waals surface area contributed by atoms with E-state index in [0.29, 0.717) is 6.10 Å². The minimum Gasteiger partial charge on any atom is -0.385 e. The molecule has 1 N–H and O–H groups in total. The Kier molecular flexibility index (Phi) is 4.46. The number of nitrogens with one attached hydrogen (secondary N) is 1. The molecule has 1 fully saturated rings. The largest absolute Gasteiger partial charge is 0.385 e. The van der Waals surface area contributed by atoms with Crippen molar-refractivity contribution in [2.45, 2.75) is 45.1 Å². The van der Waals surface area contributed by atoms with Gasteiger partial charge in [0, 0.05) is 37.6 Å². The Bertz CT molecular complexity index is 447.